The van der Waals surface area contributed by atoms with Crippen molar-refractivity contribution in [1.29, 1.82) is 0 Å². The highest BCUT2D eigenvalue weighted by molar-refractivity contribution is 5.90. The summed E-state index contributed by atoms with van der Waals surface area (Å²) in [6.45, 7) is 0. The number of para-hydroxylation sites is 5. The highest BCUT2D eigenvalue weighted by Gasteiger charge is 2.30. The lowest BCUT2D eigenvalue weighted by atomic mass is 9.97. The van der Waals surface area contributed by atoms with Crippen LogP contribution in [0.5, 0.6) is 11.5 Å². The van der Waals surface area contributed by atoms with Crippen molar-refractivity contribution in [2.45, 2.75) is 6.29 Å². The molecule has 1 N–H and O–H groups in total. The SMILES string of the molecule is c1ccc2c(c1)OC(c1cccc(-c3nc4ccccc4[nH]3)c1-c1cc3ccccc3o1)O2. The van der Waals surface area contributed by atoms with E-state index in [0.717, 1.165) is 61.8 Å². The molecule has 158 valence electrons. The van der Waals surface area contributed by atoms with E-state index in [1.807, 2.05) is 91.0 Å². The van der Waals surface area contributed by atoms with Crippen LogP contribution < -0.4 is 9.47 Å². The number of fused-ring (bicyclic) bond motifs is 3. The highest BCUT2D eigenvalue weighted by Crippen LogP contribution is 2.45. The summed E-state index contributed by atoms with van der Waals surface area (Å²) < 4.78 is 18.7. The molecule has 4 aromatic carbocycles. The molecule has 0 radical (unpaired) electrons. The molecule has 33 heavy (non-hydrogen) atoms. The van der Waals surface area contributed by atoms with Crippen molar-refractivity contribution >= 4 is 22.0 Å². The third kappa shape index (κ3) is 2.90. The minimum Gasteiger partial charge on any atom is -0.456 e. The lowest BCUT2D eigenvalue weighted by Crippen LogP contribution is -2.10. The van der Waals surface area contributed by atoms with Crippen LogP contribution in [0.25, 0.3) is 44.7 Å². The second-order valence-corrected chi connectivity index (χ2v) is 8.04. The molecule has 0 aliphatic carbocycles. The molecule has 7 rings (SSSR count). The molecule has 0 unspecified atom stereocenters. The first kappa shape index (κ1) is 18.1. The predicted octanol–water partition coefficient (Wildman–Crippen LogP) is 7.11. The van der Waals surface area contributed by atoms with Gasteiger partial charge in [0, 0.05) is 22.1 Å². The number of nitrogens with zero attached hydrogens (tertiary/aromatic N) is 1. The molecule has 0 atom stereocenters. The highest BCUT2D eigenvalue weighted by atomic mass is 16.7. The number of aromatic amines is 1. The number of ether oxygens (including phenoxy) is 2. The molecule has 0 fully saturated rings. The standard InChI is InChI=1S/C28H18N2O3/c1-4-13-22-17(8-1)16-25(31-22)26-18(27-29-20-11-2-3-12-21(20)30-27)9-7-10-19(26)28-32-23-14-5-6-15-24(23)33-28/h1-16,28H,(H,29,30). The number of furan rings is 1. The molecule has 5 heteroatoms. The van der Waals surface area contributed by atoms with Crippen LogP contribution in [0.3, 0.4) is 0 Å². The predicted molar refractivity (Wildman–Crippen MR) is 127 cm³/mol. The molecular weight excluding hydrogens is 412 g/mol. The number of hydrogen-bond acceptors (Lipinski definition) is 4. The maximum absolute atomic E-state index is 6.31. The molecule has 0 saturated carbocycles. The zero-order valence-corrected chi connectivity index (χ0v) is 17.5. The van der Waals surface area contributed by atoms with E-state index < -0.39 is 6.29 Å². The van der Waals surface area contributed by atoms with Crippen LogP contribution in [0.4, 0.5) is 0 Å². The fourth-order valence-electron chi connectivity index (χ4n) is 4.45. The van der Waals surface area contributed by atoms with Gasteiger partial charge in [0.2, 0.25) is 0 Å². The number of benzene rings is 4. The van der Waals surface area contributed by atoms with Crippen molar-refractivity contribution < 1.29 is 13.9 Å². The number of rotatable bonds is 3. The molecule has 0 amide bonds. The van der Waals surface area contributed by atoms with Crippen LogP contribution in [0.15, 0.2) is 101 Å². The summed E-state index contributed by atoms with van der Waals surface area (Å²) in [7, 11) is 0. The summed E-state index contributed by atoms with van der Waals surface area (Å²) in [6.07, 6.45) is -0.588. The summed E-state index contributed by atoms with van der Waals surface area (Å²) >= 11 is 0. The molecule has 0 spiro atoms. The van der Waals surface area contributed by atoms with E-state index in [-0.39, 0.29) is 0 Å². The maximum atomic E-state index is 6.31. The summed E-state index contributed by atoms with van der Waals surface area (Å²) in [5, 5.41) is 1.04. The van der Waals surface area contributed by atoms with Crippen LogP contribution in [0.1, 0.15) is 11.9 Å². The van der Waals surface area contributed by atoms with E-state index in [9.17, 15) is 0 Å². The molecule has 0 bridgehead atoms. The number of H-pyrrole nitrogens is 1. The van der Waals surface area contributed by atoms with E-state index in [4.69, 9.17) is 18.9 Å². The topological polar surface area (TPSA) is 60.3 Å². The Morgan fingerprint density at radius 1 is 0.727 bits per heavy atom. The number of hydrogen-bond donors (Lipinski definition) is 1. The summed E-state index contributed by atoms with van der Waals surface area (Å²) in [5.74, 6) is 2.97. The fraction of sp³-hybridized carbons (Fsp3) is 0.0357. The molecule has 2 aromatic heterocycles. The first-order valence-electron chi connectivity index (χ1n) is 10.8. The Hall–Kier alpha value is -4.51. The van der Waals surface area contributed by atoms with Crippen molar-refractivity contribution in [2.24, 2.45) is 0 Å². The Labute approximate surface area is 189 Å². The van der Waals surface area contributed by atoms with Gasteiger partial charge in [-0.1, -0.05) is 60.7 Å². The monoisotopic (exact) mass is 430 g/mol. The van der Waals surface area contributed by atoms with E-state index in [1.165, 1.54) is 0 Å². The second kappa shape index (κ2) is 7.00. The minimum atomic E-state index is -0.588. The third-order valence-electron chi connectivity index (χ3n) is 5.98. The van der Waals surface area contributed by atoms with Crippen molar-refractivity contribution in [1.82, 2.24) is 9.97 Å². The van der Waals surface area contributed by atoms with Gasteiger partial charge in [0.1, 0.15) is 17.2 Å². The smallest absolute Gasteiger partial charge is 0.268 e. The molecular formula is C28H18N2O3. The van der Waals surface area contributed by atoms with Gasteiger partial charge in [0.15, 0.2) is 11.5 Å². The van der Waals surface area contributed by atoms with Crippen LogP contribution in [0.2, 0.25) is 0 Å². The molecule has 0 saturated heterocycles. The summed E-state index contributed by atoms with van der Waals surface area (Å²) in [4.78, 5) is 8.31. The van der Waals surface area contributed by atoms with E-state index >= 15 is 0 Å². The fourth-order valence-corrected chi connectivity index (χ4v) is 4.45. The lowest BCUT2D eigenvalue weighted by Gasteiger charge is -2.16. The summed E-state index contributed by atoms with van der Waals surface area (Å²) in [5.41, 5.74) is 5.41. The average Bonchev–Trinajstić information content (AvgIpc) is 3.59. The Bertz CT molecular complexity index is 1560. The lowest BCUT2D eigenvalue weighted by molar-refractivity contribution is 0.0491. The Morgan fingerprint density at radius 3 is 2.30 bits per heavy atom. The molecule has 1 aliphatic rings. The zero-order chi connectivity index (χ0) is 21.8. The Balaban J connectivity index is 1.46. The van der Waals surface area contributed by atoms with Gasteiger partial charge in [-0.25, -0.2) is 4.98 Å². The Kier molecular flexibility index (Phi) is 3.84. The van der Waals surface area contributed by atoms with E-state index in [1.54, 1.807) is 0 Å². The quantitative estimate of drug-likeness (QED) is 0.325. The zero-order valence-electron chi connectivity index (χ0n) is 17.5. The number of imidazole rings is 1. The normalized spacial score (nSPS) is 13.2. The molecule has 1 aliphatic heterocycles. The van der Waals surface area contributed by atoms with Gasteiger partial charge in [0.05, 0.1) is 11.0 Å². The van der Waals surface area contributed by atoms with Crippen molar-refractivity contribution in [3.63, 3.8) is 0 Å². The van der Waals surface area contributed by atoms with Gasteiger partial charge in [-0.3, -0.25) is 0 Å². The van der Waals surface area contributed by atoms with Crippen molar-refractivity contribution in [2.75, 3.05) is 0 Å². The second-order valence-electron chi connectivity index (χ2n) is 8.04. The molecule has 6 aromatic rings. The minimum absolute atomic E-state index is 0.588. The van der Waals surface area contributed by atoms with Crippen molar-refractivity contribution in [3.8, 4) is 34.2 Å². The third-order valence-corrected chi connectivity index (χ3v) is 5.98. The van der Waals surface area contributed by atoms with Gasteiger partial charge >= 0.3 is 0 Å². The van der Waals surface area contributed by atoms with Crippen molar-refractivity contribution in [3.05, 3.63) is 103 Å². The first-order valence-corrected chi connectivity index (χ1v) is 10.8. The van der Waals surface area contributed by atoms with Gasteiger partial charge < -0.3 is 18.9 Å². The van der Waals surface area contributed by atoms with Gasteiger partial charge in [-0.05, 0) is 36.4 Å². The largest absolute Gasteiger partial charge is 0.456 e. The van der Waals surface area contributed by atoms with Gasteiger partial charge in [-0.15, -0.1) is 0 Å². The molecule has 5 nitrogen and oxygen atoms in total. The number of nitrogens with one attached hydrogen (secondary N) is 1. The van der Waals surface area contributed by atoms with Crippen LogP contribution in [0, 0.1) is 0 Å². The Morgan fingerprint density at radius 2 is 1.48 bits per heavy atom. The molecule has 3 heterocycles. The number of aromatic nitrogens is 2. The van der Waals surface area contributed by atoms with E-state index in [0.29, 0.717) is 0 Å². The average molecular weight is 430 g/mol. The van der Waals surface area contributed by atoms with E-state index in [2.05, 4.69) is 11.1 Å². The van der Waals surface area contributed by atoms with Gasteiger partial charge in [0.25, 0.3) is 6.29 Å². The first-order chi connectivity index (χ1) is 16.3. The van der Waals surface area contributed by atoms with Crippen LogP contribution in [-0.4, -0.2) is 9.97 Å². The maximum Gasteiger partial charge on any atom is 0.268 e. The van der Waals surface area contributed by atoms with Crippen LogP contribution in [-0.2, 0) is 0 Å². The van der Waals surface area contributed by atoms with Crippen LogP contribution >= 0.6 is 0 Å². The summed E-state index contributed by atoms with van der Waals surface area (Å²) in [6, 6.07) is 31.8. The van der Waals surface area contributed by atoms with Gasteiger partial charge in [-0.2, -0.15) is 0 Å².